The number of nitrogens with one attached hydrogen (secondary N) is 2. The Kier molecular flexibility index (Phi) is 4.51. The SMILES string of the molecule is CN1CCCNCCCNc2nc1ccc2[N+](=O)[O-]. The van der Waals surface area contributed by atoms with Crippen LogP contribution in [0.5, 0.6) is 0 Å². The van der Waals surface area contributed by atoms with Crippen molar-refractivity contribution in [2.75, 3.05) is 43.4 Å². The Morgan fingerprint density at radius 1 is 1.32 bits per heavy atom. The molecule has 1 aliphatic rings. The molecule has 1 aliphatic heterocycles. The van der Waals surface area contributed by atoms with Gasteiger partial charge in [-0.1, -0.05) is 0 Å². The normalized spacial score (nSPS) is 17.0. The lowest BCUT2D eigenvalue weighted by molar-refractivity contribution is -0.384. The van der Waals surface area contributed by atoms with Crippen LogP contribution >= 0.6 is 0 Å². The van der Waals surface area contributed by atoms with Crippen LogP contribution in [0.1, 0.15) is 12.8 Å². The first kappa shape index (κ1) is 13.5. The van der Waals surface area contributed by atoms with Crippen LogP contribution in [0.2, 0.25) is 0 Å². The Morgan fingerprint density at radius 2 is 2.11 bits per heavy atom. The molecule has 0 aromatic carbocycles. The van der Waals surface area contributed by atoms with E-state index in [4.69, 9.17) is 0 Å². The molecular formula is C12H19N5O2. The van der Waals surface area contributed by atoms with Gasteiger partial charge in [0.1, 0.15) is 5.82 Å². The number of pyridine rings is 1. The predicted octanol–water partition coefficient (Wildman–Crippen LogP) is 1.22. The number of aromatic nitrogens is 1. The van der Waals surface area contributed by atoms with Crippen LogP contribution in [0.15, 0.2) is 12.1 Å². The number of hydrogen-bond donors (Lipinski definition) is 2. The van der Waals surface area contributed by atoms with E-state index in [9.17, 15) is 10.1 Å². The summed E-state index contributed by atoms with van der Waals surface area (Å²) >= 11 is 0. The van der Waals surface area contributed by atoms with Gasteiger partial charge in [0.05, 0.1) is 4.92 Å². The zero-order chi connectivity index (χ0) is 13.7. The molecule has 0 saturated carbocycles. The first-order valence-electron chi connectivity index (χ1n) is 6.49. The van der Waals surface area contributed by atoms with Crippen molar-refractivity contribution in [3.8, 4) is 0 Å². The Bertz CT molecular complexity index is 452. The van der Waals surface area contributed by atoms with Crippen LogP contribution in [0.25, 0.3) is 0 Å². The van der Waals surface area contributed by atoms with Gasteiger partial charge in [-0.25, -0.2) is 4.98 Å². The number of nitrogens with zero attached hydrogens (tertiary/aromatic N) is 3. The molecule has 2 N–H and O–H groups in total. The number of hydrogen-bond acceptors (Lipinski definition) is 6. The highest BCUT2D eigenvalue weighted by molar-refractivity contribution is 5.60. The van der Waals surface area contributed by atoms with Crippen molar-refractivity contribution >= 4 is 17.3 Å². The van der Waals surface area contributed by atoms with Crippen LogP contribution < -0.4 is 15.5 Å². The van der Waals surface area contributed by atoms with Gasteiger partial charge in [-0.2, -0.15) is 0 Å². The summed E-state index contributed by atoms with van der Waals surface area (Å²) in [6.45, 7) is 3.43. The summed E-state index contributed by atoms with van der Waals surface area (Å²) in [5.74, 6) is 1.11. The van der Waals surface area contributed by atoms with E-state index in [1.165, 1.54) is 6.07 Å². The summed E-state index contributed by atoms with van der Waals surface area (Å²) in [5, 5.41) is 17.4. The molecule has 0 fully saturated rings. The van der Waals surface area contributed by atoms with Gasteiger partial charge in [-0.3, -0.25) is 10.1 Å². The summed E-state index contributed by atoms with van der Waals surface area (Å²) in [5.41, 5.74) is 0.0298. The fourth-order valence-corrected chi connectivity index (χ4v) is 2.03. The Morgan fingerprint density at radius 3 is 2.89 bits per heavy atom. The fourth-order valence-electron chi connectivity index (χ4n) is 2.03. The topological polar surface area (TPSA) is 83.3 Å². The van der Waals surface area contributed by atoms with Crippen molar-refractivity contribution in [2.45, 2.75) is 12.8 Å². The van der Waals surface area contributed by atoms with Gasteiger partial charge in [-0.05, 0) is 32.0 Å². The third-order valence-corrected chi connectivity index (χ3v) is 3.12. The van der Waals surface area contributed by atoms with Crippen LogP contribution in [0.4, 0.5) is 17.3 Å². The van der Waals surface area contributed by atoms with Crippen molar-refractivity contribution in [1.29, 1.82) is 0 Å². The lowest BCUT2D eigenvalue weighted by Crippen LogP contribution is -2.27. The van der Waals surface area contributed by atoms with Gasteiger partial charge >= 0.3 is 5.69 Å². The second-order valence-electron chi connectivity index (χ2n) is 4.60. The van der Waals surface area contributed by atoms with E-state index in [0.29, 0.717) is 12.4 Å². The van der Waals surface area contributed by atoms with Crippen molar-refractivity contribution in [3.05, 3.63) is 22.2 Å². The molecule has 0 amide bonds. The lowest BCUT2D eigenvalue weighted by atomic mass is 10.3. The Balaban J connectivity index is 2.27. The number of fused-ring (bicyclic) bond motifs is 2. The maximum Gasteiger partial charge on any atom is 0.311 e. The number of rotatable bonds is 1. The maximum atomic E-state index is 11.0. The third kappa shape index (κ3) is 3.54. The first-order chi connectivity index (χ1) is 9.18. The first-order valence-corrected chi connectivity index (χ1v) is 6.49. The number of anilines is 2. The van der Waals surface area contributed by atoms with Crippen molar-refractivity contribution in [3.63, 3.8) is 0 Å². The maximum absolute atomic E-state index is 11.0. The summed E-state index contributed by atoms with van der Waals surface area (Å²) in [4.78, 5) is 16.9. The van der Waals surface area contributed by atoms with E-state index in [1.54, 1.807) is 6.07 Å². The van der Waals surface area contributed by atoms with Crippen LogP contribution in [0, 0.1) is 10.1 Å². The smallest absolute Gasteiger partial charge is 0.311 e. The highest BCUT2D eigenvalue weighted by atomic mass is 16.6. The summed E-state index contributed by atoms with van der Waals surface area (Å²) in [7, 11) is 1.95. The molecule has 2 bridgehead atoms. The van der Waals surface area contributed by atoms with Gasteiger partial charge in [0.25, 0.3) is 0 Å². The molecule has 7 nitrogen and oxygen atoms in total. The zero-order valence-corrected chi connectivity index (χ0v) is 11.1. The molecule has 2 rings (SSSR count). The van der Waals surface area contributed by atoms with Gasteiger partial charge in [0, 0.05) is 26.2 Å². The largest absolute Gasteiger partial charge is 0.364 e. The third-order valence-electron chi connectivity index (χ3n) is 3.12. The molecule has 0 spiro atoms. The van der Waals surface area contributed by atoms with Crippen molar-refractivity contribution < 1.29 is 4.92 Å². The van der Waals surface area contributed by atoms with E-state index in [1.807, 2.05) is 11.9 Å². The van der Waals surface area contributed by atoms with Crippen molar-refractivity contribution in [2.24, 2.45) is 0 Å². The monoisotopic (exact) mass is 265 g/mol. The minimum absolute atomic E-state index is 0.0298. The van der Waals surface area contributed by atoms with E-state index in [2.05, 4.69) is 15.6 Å². The molecule has 0 saturated heterocycles. The molecule has 104 valence electrons. The minimum Gasteiger partial charge on any atom is -0.364 e. The summed E-state index contributed by atoms with van der Waals surface area (Å²) in [6.07, 6.45) is 1.94. The quantitative estimate of drug-likeness (QED) is 0.587. The fraction of sp³-hybridized carbons (Fsp3) is 0.583. The predicted molar refractivity (Wildman–Crippen MR) is 74.8 cm³/mol. The number of nitro groups is 1. The standard InChI is InChI=1S/C12H19N5O2/c1-16-9-3-7-13-6-2-8-14-12-10(17(18)19)4-5-11(16)15-12/h4-5,13H,2-3,6-9H2,1H3,(H,14,15). The molecule has 7 heteroatoms. The molecule has 0 unspecified atom stereocenters. The Labute approximate surface area is 112 Å². The highest BCUT2D eigenvalue weighted by Crippen LogP contribution is 2.25. The molecular weight excluding hydrogens is 246 g/mol. The molecule has 0 aliphatic carbocycles. The second-order valence-corrected chi connectivity index (χ2v) is 4.60. The summed E-state index contributed by atoms with van der Waals surface area (Å²) in [6, 6.07) is 3.22. The zero-order valence-electron chi connectivity index (χ0n) is 11.1. The molecule has 19 heavy (non-hydrogen) atoms. The molecule has 0 radical (unpaired) electrons. The van der Waals surface area contributed by atoms with Gasteiger partial charge in [0.15, 0.2) is 0 Å². The lowest BCUT2D eigenvalue weighted by Gasteiger charge is -2.20. The molecule has 2 heterocycles. The van der Waals surface area contributed by atoms with Gasteiger partial charge in [-0.15, -0.1) is 0 Å². The van der Waals surface area contributed by atoms with Crippen LogP contribution in [0.3, 0.4) is 0 Å². The molecule has 0 atom stereocenters. The average molecular weight is 265 g/mol. The van der Waals surface area contributed by atoms with E-state index in [-0.39, 0.29) is 5.69 Å². The van der Waals surface area contributed by atoms with Crippen LogP contribution in [-0.4, -0.2) is 43.1 Å². The van der Waals surface area contributed by atoms with E-state index >= 15 is 0 Å². The molecule has 1 aromatic rings. The molecule has 1 aromatic heterocycles. The van der Waals surface area contributed by atoms with E-state index < -0.39 is 4.92 Å². The second kappa shape index (κ2) is 6.33. The van der Waals surface area contributed by atoms with Gasteiger partial charge in [0.2, 0.25) is 5.82 Å². The van der Waals surface area contributed by atoms with Gasteiger partial charge < -0.3 is 15.5 Å². The Hall–Kier alpha value is -1.89. The van der Waals surface area contributed by atoms with E-state index in [0.717, 1.165) is 38.3 Å². The highest BCUT2D eigenvalue weighted by Gasteiger charge is 2.17. The average Bonchev–Trinajstić information content (AvgIpc) is 2.39. The van der Waals surface area contributed by atoms with Crippen molar-refractivity contribution in [1.82, 2.24) is 10.3 Å². The van der Waals surface area contributed by atoms with Crippen LogP contribution in [-0.2, 0) is 0 Å². The summed E-state index contributed by atoms with van der Waals surface area (Å²) < 4.78 is 0. The minimum atomic E-state index is -0.400.